The Hall–Kier alpha value is -2.86. The van der Waals surface area contributed by atoms with Crippen LogP contribution in [0.1, 0.15) is 46.5 Å². The van der Waals surface area contributed by atoms with Gasteiger partial charge in [-0.1, -0.05) is 48.9 Å². The van der Waals surface area contributed by atoms with Crippen LogP contribution in [0.3, 0.4) is 0 Å². The number of ether oxygens (including phenoxy) is 2. The predicted molar refractivity (Wildman–Crippen MR) is 178 cm³/mol. The molecule has 0 unspecified atom stereocenters. The number of benzene rings is 1. The van der Waals surface area contributed by atoms with Crippen molar-refractivity contribution in [1.82, 2.24) is 30.0 Å². The van der Waals surface area contributed by atoms with Crippen LogP contribution in [-0.2, 0) is 16.2 Å². The molecule has 3 aromatic heterocycles. The van der Waals surface area contributed by atoms with Gasteiger partial charge in [-0.25, -0.2) is 14.8 Å². The molecule has 0 aliphatic carbocycles. The SMILES string of the molecule is CC(C)(C)OC(=O)N[C@H]1C[C@H]2CC[C@@H](C1)N2c1cnc2c(-c3ccc4[nH]nc(Cl)c4c3Cl)cn(COCC[Si](C)(C)C)c2n1. The van der Waals surface area contributed by atoms with Gasteiger partial charge < -0.3 is 24.3 Å². The molecule has 4 aromatic rings. The monoisotopic (exact) mass is 657 g/mol. The number of hydrogen-bond donors (Lipinski definition) is 2. The lowest BCUT2D eigenvalue weighted by Gasteiger charge is -2.39. The Morgan fingerprint density at radius 1 is 1.14 bits per heavy atom. The van der Waals surface area contributed by atoms with Crippen LogP contribution in [0.4, 0.5) is 10.6 Å². The highest BCUT2D eigenvalue weighted by atomic mass is 35.5. The van der Waals surface area contributed by atoms with Gasteiger partial charge in [-0.2, -0.15) is 5.10 Å². The summed E-state index contributed by atoms with van der Waals surface area (Å²) >= 11 is 13.3. The molecule has 13 heteroatoms. The van der Waals surface area contributed by atoms with E-state index >= 15 is 0 Å². The van der Waals surface area contributed by atoms with Gasteiger partial charge in [0, 0.05) is 50.1 Å². The van der Waals surface area contributed by atoms with E-state index in [1.54, 1.807) is 0 Å². The van der Waals surface area contributed by atoms with Gasteiger partial charge in [-0.3, -0.25) is 5.10 Å². The molecular weight excluding hydrogens is 617 g/mol. The number of aromatic amines is 1. The zero-order valence-corrected chi connectivity index (χ0v) is 28.7. The third-order valence-electron chi connectivity index (χ3n) is 8.41. The standard InChI is InChI=1S/C31H41Cl2N7O3Si/c1-31(2,3)43-30(41)35-18-13-19-7-8-20(14-18)40(19)24-15-34-27-22(21-9-10-23-25(26(21)32)28(33)38-37-23)16-39(29(27)36-24)17-42-11-12-44(4,5)6/h9-10,15-16,18-20H,7-8,11-14,17H2,1-6H3,(H,35,41)(H,37,38)/t18-,19+,20-. The summed E-state index contributed by atoms with van der Waals surface area (Å²) in [7, 11) is -1.24. The molecule has 3 atom stereocenters. The van der Waals surface area contributed by atoms with Crippen LogP contribution in [0, 0.1) is 0 Å². The minimum Gasteiger partial charge on any atom is -0.444 e. The topological polar surface area (TPSA) is 110 Å². The first kappa shape index (κ1) is 31.1. The van der Waals surface area contributed by atoms with Gasteiger partial charge in [0.05, 0.1) is 22.1 Å². The van der Waals surface area contributed by atoms with E-state index in [1.807, 2.05) is 49.9 Å². The van der Waals surface area contributed by atoms with Crippen LogP contribution in [0.25, 0.3) is 33.2 Å². The maximum Gasteiger partial charge on any atom is 0.407 e. The van der Waals surface area contributed by atoms with Crippen molar-refractivity contribution in [2.24, 2.45) is 0 Å². The first-order chi connectivity index (χ1) is 20.8. The summed E-state index contributed by atoms with van der Waals surface area (Å²) in [5.74, 6) is 0.841. The predicted octanol–water partition coefficient (Wildman–Crippen LogP) is 7.62. The molecule has 0 spiro atoms. The van der Waals surface area contributed by atoms with E-state index in [4.69, 9.17) is 42.6 Å². The highest BCUT2D eigenvalue weighted by Gasteiger charge is 2.42. The molecule has 6 rings (SSSR count). The number of aromatic nitrogens is 5. The molecule has 236 valence electrons. The minimum absolute atomic E-state index is 0.0670. The lowest BCUT2D eigenvalue weighted by Crippen LogP contribution is -2.51. The van der Waals surface area contributed by atoms with Gasteiger partial charge in [0.1, 0.15) is 23.7 Å². The molecule has 2 N–H and O–H groups in total. The van der Waals surface area contributed by atoms with Crippen LogP contribution in [0.15, 0.2) is 24.5 Å². The average Bonchev–Trinajstić information content (AvgIpc) is 3.56. The lowest BCUT2D eigenvalue weighted by molar-refractivity contribution is 0.0492. The molecule has 1 amide bonds. The van der Waals surface area contributed by atoms with E-state index < -0.39 is 13.7 Å². The van der Waals surface area contributed by atoms with Crippen molar-refractivity contribution in [3.8, 4) is 11.1 Å². The fourth-order valence-corrected chi connectivity index (χ4v) is 7.79. The molecule has 44 heavy (non-hydrogen) atoms. The quantitative estimate of drug-likeness (QED) is 0.148. The average molecular weight is 659 g/mol. The second-order valence-corrected chi connectivity index (χ2v) is 20.6. The Labute approximate surface area is 268 Å². The summed E-state index contributed by atoms with van der Waals surface area (Å²) < 4.78 is 13.7. The number of fused-ring (bicyclic) bond motifs is 4. The number of carbonyl (C=O) groups excluding carboxylic acids is 1. The van der Waals surface area contributed by atoms with E-state index in [-0.39, 0.29) is 24.2 Å². The van der Waals surface area contributed by atoms with Crippen LogP contribution in [-0.4, -0.2) is 69.2 Å². The highest BCUT2D eigenvalue weighted by molar-refractivity contribution is 6.76. The Bertz CT molecular complexity index is 1680. The molecule has 2 bridgehead atoms. The van der Waals surface area contributed by atoms with Gasteiger partial charge in [0.2, 0.25) is 0 Å². The fourth-order valence-electron chi connectivity index (χ4n) is 6.39. The molecule has 0 radical (unpaired) electrons. The molecule has 5 heterocycles. The van der Waals surface area contributed by atoms with Gasteiger partial charge in [-0.15, -0.1) is 0 Å². The molecule has 2 aliphatic heterocycles. The second-order valence-electron chi connectivity index (χ2n) is 14.2. The van der Waals surface area contributed by atoms with E-state index in [2.05, 4.69) is 40.1 Å². The van der Waals surface area contributed by atoms with E-state index in [0.717, 1.165) is 65.4 Å². The number of H-pyrrole nitrogens is 1. The van der Waals surface area contributed by atoms with Crippen LogP contribution in [0.2, 0.25) is 35.9 Å². The maximum absolute atomic E-state index is 12.5. The first-order valence-corrected chi connectivity index (χ1v) is 19.8. The Kier molecular flexibility index (Phi) is 8.36. The summed E-state index contributed by atoms with van der Waals surface area (Å²) in [5.41, 5.74) is 3.41. The summed E-state index contributed by atoms with van der Waals surface area (Å²) in [6.45, 7) is 13.7. The van der Waals surface area contributed by atoms with Gasteiger partial charge in [0.25, 0.3) is 0 Å². The third-order valence-corrected chi connectivity index (χ3v) is 10.8. The first-order valence-electron chi connectivity index (χ1n) is 15.3. The Morgan fingerprint density at radius 3 is 2.55 bits per heavy atom. The van der Waals surface area contributed by atoms with Gasteiger partial charge >= 0.3 is 6.09 Å². The number of anilines is 1. The van der Waals surface area contributed by atoms with Gasteiger partial charge in [-0.05, 0) is 58.6 Å². The number of carbonyl (C=O) groups is 1. The number of hydrogen-bond acceptors (Lipinski definition) is 7. The molecule has 0 saturated carbocycles. The fraction of sp³-hybridized carbons (Fsp3) is 0.548. The summed E-state index contributed by atoms with van der Waals surface area (Å²) in [4.78, 5) is 25.1. The van der Waals surface area contributed by atoms with E-state index in [0.29, 0.717) is 28.9 Å². The van der Waals surface area contributed by atoms with Gasteiger partial charge in [0.15, 0.2) is 10.8 Å². The van der Waals surface area contributed by atoms with E-state index in [9.17, 15) is 4.79 Å². The molecule has 10 nitrogen and oxygen atoms in total. The number of amides is 1. The van der Waals surface area contributed by atoms with Crippen molar-refractivity contribution < 1.29 is 14.3 Å². The van der Waals surface area contributed by atoms with Crippen molar-refractivity contribution in [2.75, 3.05) is 11.5 Å². The number of piperidine rings is 1. The molecular formula is C31H41Cl2N7O3Si. The van der Waals surface area contributed by atoms with E-state index in [1.165, 1.54) is 0 Å². The number of nitrogens with one attached hydrogen (secondary N) is 2. The lowest BCUT2D eigenvalue weighted by atomic mass is 9.97. The van der Waals surface area contributed by atoms with Crippen molar-refractivity contribution in [1.29, 1.82) is 0 Å². The van der Waals surface area contributed by atoms with Crippen molar-refractivity contribution in [2.45, 2.75) is 103 Å². The van der Waals surface area contributed by atoms with Crippen molar-refractivity contribution in [3.63, 3.8) is 0 Å². The molecule has 2 saturated heterocycles. The Morgan fingerprint density at radius 2 is 1.86 bits per heavy atom. The van der Waals surface area contributed by atoms with Crippen molar-refractivity contribution in [3.05, 3.63) is 34.7 Å². The normalized spacial score (nSPS) is 20.5. The zero-order valence-electron chi connectivity index (χ0n) is 26.2. The molecule has 1 aromatic carbocycles. The molecule has 2 fully saturated rings. The largest absolute Gasteiger partial charge is 0.444 e. The smallest absolute Gasteiger partial charge is 0.407 e. The number of halogens is 2. The maximum atomic E-state index is 12.5. The zero-order chi connectivity index (χ0) is 31.4. The highest BCUT2D eigenvalue weighted by Crippen LogP contribution is 2.42. The number of nitrogens with zero attached hydrogens (tertiary/aromatic N) is 5. The van der Waals surface area contributed by atoms with Crippen LogP contribution < -0.4 is 10.2 Å². The van der Waals surface area contributed by atoms with Crippen LogP contribution >= 0.6 is 23.2 Å². The Balaban J connectivity index is 1.31. The summed E-state index contributed by atoms with van der Waals surface area (Å²) in [5, 5.41) is 11.7. The molecule has 2 aliphatic rings. The second kappa shape index (κ2) is 11.8. The summed E-state index contributed by atoms with van der Waals surface area (Å²) in [6, 6.07) is 5.55. The van der Waals surface area contributed by atoms with Crippen LogP contribution in [0.5, 0.6) is 0 Å². The summed E-state index contributed by atoms with van der Waals surface area (Å²) in [6.07, 6.45) is 7.30. The number of alkyl carbamates (subject to hydrolysis) is 1. The number of rotatable bonds is 8. The minimum atomic E-state index is -1.24. The van der Waals surface area contributed by atoms with Crippen molar-refractivity contribution >= 4 is 65.3 Å². The third kappa shape index (κ3) is 6.42.